The maximum Gasteiger partial charge on any atom is 0.390 e. The predicted octanol–water partition coefficient (Wildman–Crippen LogP) is 4.23. The Morgan fingerprint density at radius 1 is 0.821 bits per heavy atom. The fraction of sp³-hybridized carbons (Fsp3) is 0.150. The number of hydrogen-bond acceptors (Lipinski definition) is 3. The summed E-state index contributed by atoms with van der Waals surface area (Å²) in [6.45, 7) is -0.545. The maximum atomic E-state index is 12.4. The van der Waals surface area contributed by atoms with Crippen LogP contribution in [-0.4, -0.2) is 18.6 Å². The van der Waals surface area contributed by atoms with Gasteiger partial charge < -0.3 is 17.2 Å². The van der Waals surface area contributed by atoms with Crippen molar-refractivity contribution in [2.75, 3.05) is 6.54 Å². The second-order valence-electron chi connectivity index (χ2n) is 5.88. The zero-order valence-corrected chi connectivity index (χ0v) is 15.6. The van der Waals surface area contributed by atoms with E-state index >= 15 is 0 Å². The van der Waals surface area contributed by atoms with Crippen molar-refractivity contribution < 1.29 is 13.2 Å². The van der Waals surface area contributed by atoms with Crippen LogP contribution in [0.4, 0.5) is 13.2 Å². The fourth-order valence-electron chi connectivity index (χ4n) is 2.39. The lowest BCUT2D eigenvalue weighted by molar-refractivity contribution is -0.132. The lowest BCUT2D eigenvalue weighted by Crippen LogP contribution is -2.22. The Labute approximate surface area is 166 Å². The van der Waals surface area contributed by atoms with Gasteiger partial charge in [-0.25, -0.2) is 0 Å². The van der Waals surface area contributed by atoms with Crippen LogP contribution in [0.25, 0.3) is 11.4 Å². The molecule has 148 valence electrons. The smallest absolute Gasteiger partial charge is 0.390 e. The van der Waals surface area contributed by atoms with Crippen molar-refractivity contribution in [1.82, 2.24) is 0 Å². The third-order valence-corrected chi connectivity index (χ3v) is 4.22. The molecule has 0 radical (unpaired) electrons. The molecule has 4 nitrogen and oxygen atoms in total. The third-order valence-electron chi connectivity index (χ3n) is 3.83. The molecule has 0 aromatic heterocycles. The highest BCUT2D eigenvalue weighted by Crippen LogP contribution is 2.28. The summed E-state index contributed by atoms with van der Waals surface area (Å²) in [5.74, 6) is -0.213. The molecular formula is C20H20ClF3N4. The number of amidine groups is 1. The Balaban J connectivity index is 2.55. The van der Waals surface area contributed by atoms with Crippen LogP contribution in [0.15, 0.2) is 76.3 Å². The first kappa shape index (κ1) is 21.4. The first-order valence-corrected chi connectivity index (χ1v) is 8.71. The van der Waals surface area contributed by atoms with Gasteiger partial charge in [-0.05, 0) is 11.1 Å². The molecule has 0 fully saturated rings. The molecule has 0 unspecified atom stereocenters. The molecule has 0 aliphatic carbocycles. The molecule has 0 spiro atoms. The normalized spacial score (nSPS) is 14.4. The van der Waals surface area contributed by atoms with E-state index in [9.17, 15) is 13.2 Å². The number of hydrogen-bond donors (Lipinski definition) is 3. The second-order valence-corrected chi connectivity index (χ2v) is 6.26. The van der Waals surface area contributed by atoms with Crippen molar-refractivity contribution in [3.8, 4) is 0 Å². The Hall–Kier alpha value is -2.93. The van der Waals surface area contributed by atoms with E-state index < -0.39 is 19.1 Å². The van der Waals surface area contributed by atoms with Crippen LogP contribution in [0.3, 0.4) is 0 Å². The van der Waals surface area contributed by atoms with E-state index in [0.29, 0.717) is 11.1 Å². The van der Waals surface area contributed by atoms with E-state index in [2.05, 4.69) is 4.99 Å². The van der Waals surface area contributed by atoms with Gasteiger partial charge in [-0.15, -0.1) is 0 Å². The largest absolute Gasteiger partial charge is 0.398 e. The summed E-state index contributed by atoms with van der Waals surface area (Å²) in [5, 5.41) is 0.0146. The van der Waals surface area contributed by atoms with Gasteiger partial charge in [0.1, 0.15) is 5.84 Å². The molecule has 0 heterocycles. The van der Waals surface area contributed by atoms with Crippen LogP contribution in [0, 0.1) is 0 Å². The summed E-state index contributed by atoms with van der Waals surface area (Å²) in [7, 11) is 0. The minimum atomic E-state index is -4.35. The number of aliphatic imine (C=N–C) groups is 1. The number of rotatable bonds is 6. The lowest BCUT2D eigenvalue weighted by atomic mass is 10.0. The molecule has 6 N–H and O–H groups in total. The predicted molar refractivity (Wildman–Crippen MR) is 108 cm³/mol. The van der Waals surface area contributed by atoms with E-state index in [-0.39, 0.29) is 27.8 Å². The van der Waals surface area contributed by atoms with Gasteiger partial charge in [-0.3, -0.25) is 4.99 Å². The van der Waals surface area contributed by atoms with Crippen molar-refractivity contribution in [2.45, 2.75) is 12.6 Å². The van der Waals surface area contributed by atoms with Crippen LogP contribution in [0.1, 0.15) is 17.5 Å². The first-order valence-electron chi connectivity index (χ1n) is 8.34. The average molecular weight is 409 g/mol. The molecule has 2 rings (SSSR count). The maximum absolute atomic E-state index is 12.4. The summed E-state index contributed by atoms with van der Waals surface area (Å²) in [6, 6.07) is 17.6. The van der Waals surface area contributed by atoms with Crippen LogP contribution in [0.2, 0.25) is 0 Å². The van der Waals surface area contributed by atoms with Gasteiger partial charge in [0.2, 0.25) is 0 Å². The zero-order chi connectivity index (χ0) is 20.7. The van der Waals surface area contributed by atoms with Crippen molar-refractivity contribution in [2.24, 2.45) is 22.2 Å². The zero-order valence-electron chi connectivity index (χ0n) is 14.9. The highest BCUT2D eigenvalue weighted by molar-refractivity contribution is 6.39. The SMILES string of the molecule is NC(=NCCC(F)(F)F)C(=C(N)c1ccccc1)/C(Cl)=C(\N)c1ccccc1. The van der Waals surface area contributed by atoms with Crippen molar-refractivity contribution in [3.63, 3.8) is 0 Å². The molecule has 2 aromatic carbocycles. The molecule has 8 heteroatoms. The summed E-state index contributed by atoms with van der Waals surface area (Å²) in [4.78, 5) is 3.82. The van der Waals surface area contributed by atoms with E-state index in [1.807, 2.05) is 6.07 Å². The summed E-state index contributed by atoms with van der Waals surface area (Å²) in [5.41, 5.74) is 20.0. The van der Waals surface area contributed by atoms with E-state index in [1.165, 1.54) is 0 Å². The van der Waals surface area contributed by atoms with Gasteiger partial charge in [0.25, 0.3) is 0 Å². The monoisotopic (exact) mass is 408 g/mol. The number of nitrogens with zero attached hydrogens (tertiary/aromatic N) is 1. The molecule has 0 saturated heterocycles. The fourth-order valence-corrected chi connectivity index (χ4v) is 2.70. The highest BCUT2D eigenvalue weighted by atomic mass is 35.5. The second kappa shape index (κ2) is 9.32. The summed E-state index contributed by atoms with van der Waals surface area (Å²) < 4.78 is 37.3. The van der Waals surface area contributed by atoms with Crippen LogP contribution < -0.4 is 17.2 Å². The average Bonchev–Trinajstić information content (AvgIpc) is 2.67. The quantitative estimate of drug-likeness (QED) is 0.379. The molecule has 0 saturated carbocycles. The van der Waals surface area contributed by atoms with E-state index in [0.717, 1.165) is 0 Å². The lowest BCUT2D eigenvalue weighted by Gasteiger charge is -2.15. The van der Waals surface area contributed by atoms with Crippen LogP contribution in [-0.2, 0) is 0 Å². The van der Waals surface area contributed by atoms with Crippen LogP contribution >= 0.6 is 11.6 Å². The van der Waals surface area contributed by atoms with E-state index in [1.54, 1.807) is 54.6 Å². The Morgan fingerprint density at radius 3 is 1.75 bits per heavy atom. The minimum Gasteiger partial charge on any atom is -0.398 e. The van der Waals surface area contributed by atoms with Gasteiger partial charge >= 0.3 is 6.18 Å². The highest BCUT2D eigenvalue weighted by Gasteiger charge is 2.26. The molecule has 0 aliphatic heterocycles. The van der Waals surface area contributed by atoms with E-state index in [4.69, 9.17) is 28.8 Å². The Bertz CT molecular complexity index is 889. The minimum absolute atomic E-state index is 0.0146. The first-order chi connectivity index (χ1) is 13.2. The number of benzene rings is 2. The number of halogens is 4. The van der Waals surface area contributed by atoms with Crippen LogP contribution in [0.5, 0.6) is 0 Å². The molecule has 0 bridgehead atoms. The molecule has 0 aliphatic rings. The van der Waals surface area contributed by atoms with Crippen molar-refractivity contribution in [3.05, 3.63) is 82.4 Å². The van der Waals surface area contributed by atoms with Gasteiger partial charge in [0, 0.05) is 6.54 Å². The number of nitrogens with two attached hydrogens (primary N) is 3. The van der Waals surface area contributed by atoms with Gasteiger partial charge in [-0.1, -0.05) is 72.3 Å². The third kappa shape index (κ3) is 5.79. The summed E-state index contributed by atoms with van der Waals surface area (Å²) in [6.07, 6.45) is -5.46. The molecule has 0 atom stereocenters. The van der Waals surface area contributed by atoms with Gasteiger partial charge in [-0.2, -0.15) is 13.2 Å². The molecule has 28 heavy (non-hydrogen) atoms. The van der Waals surface area contributed by atoms with Gasteiger partial charge in [0.05, 0.1) is 28.4 Å². The summed E-state index contributed by atoms with van der Waals surface area (Å²) >= 11 is 6.47. The molecule has 0 amide bonds. The van der Waals surface area contributed by atoms with Gasteiger partial charge in [0.15, 0.2) is 0 Å². The van der Waals surface area contributed by atoms with Crippen molar-refractivity contribution >= 4 is 28.8 Å². The molecule has 2 aromatic rings. The topological polar surface area (TPSA) is 90.4 Å². The Kier molecular flexibility index (Phi) is 7.12. The number of alkyl halides is 3. The Morgan fingerprint density at radius 2 is 1.29 bits per heavy atom. The van der Waals surface area contributed by atoms with Crippen molar-refractivity contribution in [1.29, 1.82) is 0 Å². The molecular weight excluding hydrogens is 389 g/mol. The standard InChI is InChI=1S/C20H20ClF3N4/c21-16(18(26)14-9-5-2-6-10-14)15(17(25)13-7-3-1-4-8-13)19(27)28-12-11-20(22,23)24/h1-10H,11-12,25-26H2,(H2,27,28)/b17-15?,18-16+.